The van der Waals surface area contributed by atoms with Gasteiger partial charge in [0.05, 0.1) is 6.61 Å². The minimum absolute atomic E-state index is 0.0824. The maximum absolute atomic E-state index is 12.0. The van der Waals surface area contributed by atoms with Crippen LogP contribution in [0.5, 0.6) is 0 Å². The first-order valence-corrected chi connectivity index (χ1v) is 6.55. The molecule has 0 aliphatic carbocycles. The third kappa shape index (κ3) is 4.49. The Bertz CT molecular complexity index is 401. The molecule has 0 saturated heterocycles. The van der Waals surface area contributed by atoms with E-state index in [9.17, 15) is 4.79 Å². The molecule has 0 atom stereocenters. The molecule has 1 rings (SSSR count). The van der Waals surface area contributed by atoms with E-state index in [1.807, 2.05) is 13.8 Å². The summed E-state index contributed by atoms with van der Waals surface area (Å²) in [5, 5.41) is 3.02. The number of anilines is 1. The Hall–Kier alpha value is -1.36. The summed E-state index contributed by atoms with van der Waals surface area (Å²) in [6.45, 7) is 8.05. The molecule has 102 valence electrons. The van der Waals surface area contributed by atoms with Gasteiger partial charge in [-0.05, 0) is 20.3 Å². The highest BCUT2D eigenvalue weighted by molar-refractivity contribution is 5.30. The summed E-state index contributed by atoms with van der Waals surface area (Å²) in [6.07, 6.45) is 5.55. The van der Waals surface area contributed by atoms with Gasteiger partial charge in [0.1, 0.15) is 0 Å². The normalized spacial score (nSPS) is 10.9. The van der Waals surface area contributed by atoms with Gasteiger partial charge in [0.25, 0.3) is 5.56 Å². The first-order valence-electron chi connectivity index (χ1n) is 6.55. The molecular formula is C13H23N3O2. The number of unbranched alkanes of at least 4 members (excludes halogenated alkanes) is 1. The largest absolute Gasteiger partial charge is 0.380 e. The van der Waals surface area contributed by atoms with Crippen molar-refractivity contribution in [1.82, 2.24) is 9.55 Å². The summed E-state index contributed by atoms with van der Waals surface area (Å²) in [5.41, 5.74) is -0.0824. The van der Waals surface area contributed by atoms with E-state index in [2.05, 4.69) is 17.2 Å². The van der Waals surface area contributed by atoms with Crippen LogP contribution in [-0.2, 0) is 4.74 Å². The van der Waals surface area contributed by atoms with E-state index < -0.39 is 0 Å². The zero-order chi connectivity index (χ0) is 13.4. The van der Waals surface area contributed by atoms with E-state index in [1.54, 1.807) is 17.0 Å². The third-order valence-corrected chi connectivity index (χ3v) is 2.61. The highest BCUT2D eigenvalue weighted by Gasteiger charge is 2.06. The van der Waals surface area contributed by atoms with Crippen molar-refractivity contribution in [2.75, 3.05) is 25.1 Å². The van der Waals surface area contributed by atoms with Crippen LogP contribution >= 0.6 is 0 Å². The van der Waals surface area contributed by atoms with Crippen LogP contribution in [-0.4, -0.2) is 29.3 Å². The minimum Gasteiger partial charge on any atom is -0.380 e. The molecule has 0 aliphatic heterocycles. The van der Waals surface area contributed by atoms with Crippen LogP contribution < -0.4 is 10.9 Å². The Morgan fingerprint density at radius 2 is 2.22 bits per heavy atom. The van der Waals surface area contributed by atoms with Crippen molar-refractivity contribution in [2.45, 2.75) is 39.7 Å². The highest BCUT2D eigenvalue weighted by atomic mass is 16.5. The lowest BCUT2D eigenvalue weighted by atomic mass is 10.4. The maximum atomic E-state index is 12.0. The Morgan fingerprint density at radius 3 is 2.89 bits per heavy atom. The van der Waals surface area contributed by atoms with Crippen LogP contribution in [0.4, 0.5) is 5.82 Å². The molecule has 1 aromatic heterocycles. The van der Waals surface area contributed by atoms with E-state index >= 15 is 0 Å². The summed E-state index contributed by atoms with van der Waals surface area (Å²) in [4.78, 5) is 16.0. The molecule has 0 bridgehead atoms. The van der Waals surface area contributed by atoms with Gasteiger partial charge in [0, 0.05) is 31.6 Å². The number of aromatic nitrogens is 2. The smallest absolute Gasteiger partial charge is 0.293 e. The number of nitrogens with one attached hydrogen (secondary N) is 1. The molecule has 0 saturated carbocycles. The Labute approximate surface area is 108 Å². The predicted octanol–water partition coefficient (Wildman–Crippen LogP) is 2.05. The van der Waals surface area contributed by atoms with Gasteiger partial charge >= 0.3 is 0 Å². The van der Waals surface area contributed by atoms with Gasteiger partial charge in [-0.3, -0.25) is 4.79 Å². The van der Waals surface area contributed by atoms with E-state index in [0.29, 0.717) is 19.0 Å². The molecule has 0 spiro atoms. The van der Waals surface area contributed by atoms with E-state index in [1.165, 1.54) is 0 Å². The molecular weight excluding hydrogens is 230 g/mol. The molecule has 5 nitrogen and oxygen atoms in total. The zero-order valence-electron chi connectivity index (χ0n) is 11.5. The van der Waals surface area contributed by atoms with Crippen molar-refractivity contribution < 1.29 is 4.74 Å². The van der Waals surface area contributed by atoms with Crippen LogP contribution in [0.2, 0.25) is 0 Å². The first kappa shape index (κ1) is 14.7. The second-order valence-corrected chi connectivity index (χ2v) is 4.47. The number of hydrogen-bond acceptors (Lipinski definition) is 4. The van der Waals surface area contributed by atoms with Gasteiger partial charge in [0.2, 0.25) is 0 Å². The van der Waals surface area contributed by atoms with Gasteiger partial charge in [-0.25, -0.2) is 4.98 Å². The summed E-state index contributed by atoms with van der Waals surface area (Å²) < 4.78 is 7.07. The quantitative estimate of drug-likeness (QED) is 0.720. The zero-order valence-corrected chi connectivity index (χ0v) is 11.5. The topological polar surface area (TPSA) is 56.1 Å². The fraction of sp³-hybridized carbons (Fsp3) is 0.692. The number of ether oxygens (including phenoxy) is 1. The molecule has 1 N–H and O–H groups in total. The molecule has 0 aliphatic rings. The van der Waals surface area contributed by atoms with Crippen LogP contribution in [0.3, 0.4) is 0 Å². The van der Waals surface area contributed by atoms with Crippen LogP contribution in [0.15, 0.2) is 17.2 Å². The third-order valence-electron chi connectivity index (χ3n) is 2.61. The van der Waals surface area contributed by atoms with Crippen LogP contribution in [0.1, 0.15) is 39.7 Å². The fourth-order valence-electron chi connectivity index (χ4n) is 1.54. The van der Waals surface area contributed by atoms with Gasteiger partial charge in [0.15, 0.2) is 5.82 Å². The summed E-state index contributed by atoms with van der Waals surface area (Å²) in [7, 11) is 0. The molecule has 0 radical (unpaired) electrons. The van der Waals surface area contributed by atoms with Crippen molar-refractivity contribution in [3.05, 3.63) is 22.7 Å². The number of hydrogen-bond donors (Lipinski definition) is 1. The van der Waals surface area contributed by atoms with Crippen molar-refractivity contribution >= 4 is 5.82 Å². The van der Waals surface area contributed by atoms with Gasteiger partial charge in [-0.15, -0.1) is 0 Å². The Morgan fingerprint density at radius 1 is 1.44 bits per heavy atom. The Balaban J connectivity index is 2.43. The molecule has 0 unspecified atom stereocenters. The lowest BCUT2D eigenvalue weighted by Crippen LogP contribution is -2.26. The van der Waals surface area contributed by atoms with Crippen molar-refractivity contribution in [2.24, 2.45) is 0 Å². The molecule has 1 heterocycles. The number of rotatable bonds is 8. The molecule has 18 heavy (non-hydrogen) atoms. The maximum Gasteiger partial charge on any atom is 0.293 e. The summed E-state index contributed by atoms with van der Waals surface area (Å²) in [5.74, 6) is 0.394. The monoisotopic (exact) mass is 253 g/mol. The molecule has 1 aromatic rings. The lowest BCUT2D eigenvalue weighted by molar-refractivity contribution is 0.141. The standard InChI is InChI=1S/C13H23N3O2/c1-4-5-9-18-10-7-15-12-13(17)16(11(2)3)8-6-14-12/h6,8,11H,4-5,7,9-10H2,1-3H3,(H,14,15). The minimum atomic E-state index is -0.0824. The van der Waals surface area contributed by atoms with Crippen molar-refractivity contribution in [1.29, 1.82) is 0 Å². The molecule has 5 heteroatoms. The summed E-state index contributed by atoms with van der Waals surface area (Å²) in [6, 6.07) is 0.141. The first-order chi connectivity index (χ1) is 8.66. The van der Waals surface area contributed by atoms with Crippen molar-refractivity contribution in [3.63, 3.8) is 0 Å². The second-order valence-electron chi connectivity index (χ2n) is 4.47. The lowest BCUT2D eigenvalue weighted by Gasteiger charge is -2.11. The molecule has 0 fully saturated rings. The second kappa shape index (κ2) is 7.87. The van der Waals surface area contributed by atoms with Gasteiger partial charge in [-0.1, -0.05) is 13.3 Å². The average molecular weight is 253 g/mol. The predicted molar refractivity (Wildman–Crippen MR) is 73.1 cm³/mol. The Kier molecular flexibility index (Phi) is 6.43. The van der Waals surface area contributed by atoms with E-state index in [4.69, 9.17) is 4.74 Å². The highest BCUT2D eigenvalue weighted by Crippen LogP contribution is 2.01. The van der Waals surface area contributed by atoms with Crippen LogP contribution in [0.25, 0.3) is 0 Å². The van der Waals surface area contributed by atoms with Crippen LogP contribution in [0, 0.1) is 0 Å². The number of nitrogens with zero attached hydrogens (tertiary/aromatic N) is 2. The van der Waals surface area contributed by atoms with Crippen molar-refractivity contribution in [3.8, 4) is 0 Å². The summed E-state index contributed by atoms with van der Waals surface area (Å²) >= 11 is 0. The van der Waals surface area contributed by atoms with E-state index in [0.717, 1.165) is 19.4 Å². The molecule has 0 amide bonds. The van der Waals surface area contributed by atoms with E-state index in [-0.39, 0.29) is 11.6 Å². The fourth-order valence-corrected chi connectivity index (χ4v) is 1.54. The molecule has 0 aromatic carbocycles. The van der Waals surface area contributed by atoms with Gasteiger partial charge in [-0.2, -0.15) is 0 Å². The van der Waals surface area contributed by atoms with Gasteiger partial charge < -0.3 is 14.6 Å². The average Bonchev–Trinajstić information content (AvgIpc) is 2.35. The SMILES string of the molecule is CCCCOCCNc1nccn(C(C)C)c1=O.